The fourth-order valence-corrected chi connectivity index (χ4v) is 2.80. The number of benzene rings is 1. The summed E-state index contributed by atoms with van der Waals surface area (Å²) in [7, 11) is 0. The van der Waals surface area contributed by atoms with Crippen LogP contribution in [0.3, 0.4) is 0 Å². The normalized spacial score (nSPS) is 12.1. The van der Waals surface area contributed by atoms with Crippen LogP contribution in [0.15, 0.2) is 41.5 Å². The van der Waals surface area contributed by atoms with Crippen LogP contribution >= 0.6 is 22.6 Å². The molecule has 0 fully saturated rings. The highest BCUT2D eigenvalue weighted by Gasteiger charge is 2.34. The predicted molar refractivity (Wildman–Crippen MR) is 104 cm³/mol. The monoisotopic (exact) mass is 457 g/mol. The molecule has 0 aliphatic rings. The maximum absolute atomic E-state index is 13.2. The molecule has 1 heterocycles. The summed E-state index contributed by atoms with van der Waals surface area (Å²) in [5.74, 6) is -0.770. The third-order valence-corrected chi connectivity index (χ3v) is 4.45. The van der Waals surface area contributed by atoms with Gasteiger partial charge >= 0.3 is 5.97 Å². The van der Waals surface area contributed by atoms with E-state index in [0.29, 0.717) is 14.7 Å². The number of halogens is 2. The van der Waals surface area contributed by atoms with Crippen LogP contribution in [0.2, 0.25) is 0 Å². The quantitative estimate of drug-likeness (QED) is 0.509. The van der Waals surface area contributed by atoms with Crippen LogP contribution in [0.1, 0.15) is 34.6 Å². The molecule has 0 saturated carbocycles. The van der Waals surface area contributed by atoms with Crippen molar-refractivity contribution >= 4 is 28.6 Å². The average Bonchev–Trinajstić information content (AvgIpc) is 2.49. The van der Waals surface area contributed by atoms with Crippen molar-refractivity contribution in [3.05, 3.63) is 56.3 Å². The molecule has 0 radical (unpaired) electrons. The number of rotatable bonds is 3. The first-order valence-corrected chi connectivity index (χ1v) is 8.91. The van der Waals surface area contributed by atoms with E-state index in [0.717, 1.165) is 0 Å². The summed E-state index contributed by atoms with van der Waals surface area (Å²) in [6.07, 6.45) is 3.24. The number of nitrogens with zero attached hydrogens (tertiary/aromatic N) is 1. The topological polar surface area (TPSA) is 48.3 Å². The van der Waals surface area contributed by atoms with Gasteiger partial charge in [0.2, 0.25) is 5.43 Å². The number of aromatic nitrogens is 1. The minimum Gasteiger partial charge on any atom is -0.458 e. The first-order valence-electron chi connectivity index (χ1n) is 7.83. The summed E-state index contributed by atoms with van der Waals surface area (Å²) in [6, 6.07) is 5.70. The van der Waals surface area contributed by atoms with Gasteiger partial charge < -0.3 is 9.30 Å². The summed E-state index contributed by atoms with van der Waals surface area (Å²) < 4.78 is 20.8. The van der Waals surface area contributed by atoms with Crippen molar-refractivity contribution in [2.75, 3.05) is 0 Å². The Bertz CT molecular complexity index is 848. The molecule has 1 aromatic carbocycles. The van der Waals surface area contributed by atoms with Gasteiger partial charge in [0.15, 0.2) is 0 Å². The first kappa shape index (κ1) is 19.6. The number of carbonyl (C=O) groups excluding carboxylic acids is 1. The van der Waals surface area contributed by atoms with Crippen molar-refractivity contribution in [2.45, 2.75) is 45.8 Å². The fraction of sp³-hybridized carbons (Fsp3) is 0.368. The second kappa shape index (κ2) is 6.90. The molecule has 0 bridgehead atoms. The lowest BCUT2D eigenvalue weighted by Crippen LogP contribution is -2.41. The largest absolute Gasteiger partial charge is 0.458 e. The van der Waals surface area contributed by atoms with Gasteiger partial charge in [-0.1, -0.05) is 12.1 Å². The van der Waals surface area contributed by atoms with Gasteiger partial charge in [-0.25, -0.2) is 9.18 Å². The van der Waals surface area contributed by atoms with Crippen LogP contribution in [-0.2, 0) is 15.1 Å². The Labute approximate surface area is 160 Å². The third-order valence-electron chi connectivity index (χ3n) is 3.68. The lowest BCUT2D eigenvalue weighted by molar-refractivity contribution is -0.164. The summed E-state index contributed by atoms with van der Waals surface area (Å²) in [6.45, 7) is 8.88. The number of hydrogen-bond acceptors (Lipinski definition) is 3. The minimum absolute atomic E-state index is 0.163. The van der Waals surface area contributed by atoms with Crippen LogP contribution in [-0.4, -0.2) is 16.1 Å². The SMILES string of the molecule is CC(C)(C)OC(=O)C(C)(C)n1cc(I)c(=O)c(-c2ccc(F)cc2)c1. The molecule has 1 aromatic heterocycles. The smallest absolute Gasteiger partial charge is 0.332 e. The number of carbonyl (C=O) groups is 1. The van der Waals surface area contributed by atoms with E-state index in [4.69, 9.17) is 4.74 Å². The lowest BCUT2D eigenvalue weighted by Gasteiger charge is -2.31. The zero-order valence-corrected chi connectivity index (χ0v) is 17.0. The zero-order chi connectivity index (χ0) is 19.0. The maximum atomic E-state index is 13.2. The number of esters is 1. The van der Waals surface area contributed by atoms with Crippen LogP contribution < -0.4 is 5.43 Å². The standard InChI is InChI=1S/C19H21FINO3/c1-18(2,3)25-17(24)19(4,5)22-10-14(16(23)15(21)11-22)12-6-8-13(20)9-7-12/h6-11H,1-5H3. The average molecular weight is 457 g/mol. The van der Waals surface area contributed by atoms with Crippen molar-refractivity contribution in [3.8, 4) is 11.1 Å². The molecule has 0 N–H and O–H groups in total. The first-order chi connectivity index (χ1) is 11.4. The van der Waals surface area contributed by atoms with E-state index in [1.165, 1.54) is 12.1 Å². The third kappa shape index (κ3) is 4.48. The van der Waals surface area contributed by atoms with Crippen molar-refractivity contribution in [1.29, 1.82) is 0 Å². The molecule has 0 saturated heterocycles. The highest BCUT2D eigenvalue weighted by Crippen LogP contribution is 2.25. The number of hydrogen-bond donors (Lipinski definition) is 0. The number of ether oxygens (including phenoxy) is 1. The van der Waals surface area contributed by atoms with E-state index >= 15 is 0 Å². The molecule has 0 spiro atoms. The Morgan fingerprint density at radius 2 is 1.64 bits per heavy atom. The van der Waals surface area contributed by atoms with Crippen LogP contribution in [0.25, 0.3) is 11.1 Å². The second-order valence-electron chi connectivity index (χ2n) is 7.32. The van der Waals surface area contributed by atoms with Crippen LogP contribution in [0.5, 0.6) is 0 Å². The zero-order valence-electron chi connectivity index (χ0n) is 14.9. The van der Waals surface area contributed by atoms with Crippen molar-refractivity contribution < 1.29 is 13.9 Å². The molecule has 134 valence electrons. The molecule has 2 aromatic rings. The molecule has 0 aliphatic heterocycles. The fourth-order valence-electron chi connectivity index (χ4n) is 2.21. The molecular weight excluding hydrogens is 436 g/mol. The molecule has 6 heteroatoms. The van der Waals surface area contributed by atoms with Gasteiger partial charge in [-0.3, -0.25) is 4.79 Å². The van der Waals surface area contributed by atoms with Crippen molar-refractivity contribution in [1.82, 2.24) is 4.57 Å². The van der Waals surface area contributed by atoms with Gasteiger partial charge in [0.05, 0.1) is 3.57 Å². The van der Waals surface area contributed by atoms with E-state index in [2.05, 4.69) is 0 Å². The van der Waals surface area contributed by atoms with Gasteiger partial charge in [0.1, 0.15) is 17.0 Å². The number of pyridine rings is 1. The second-order valence-corrected chi connectivity index (χ2v) is 8.49. The minimum atomic E-state index is -1.00. The Hall–Kier alpha value is -1.70. The highest BCUT2D eigenvalue weighted by molar-refractivity contribution is 14.1. The van der Waals surface area contributed by atoms with E-state index in [-0.39, 0.29) is 11.2 Å². The van der Waals surface area contributed by atoms with Crippen LogP contribution in [0, 0.1) is 9.39 Å². The Morgan fingerprint density at radius 3 is 2.16 bits per heavy atom. The predicted octanol–water partition coefficient (Wildman–Crippen LogP) is 4.34. The molecule has 0 unspecified atom stereocenters. The van der Waals surface area contributed by atoms with Gasteiger partial charge in [-0.15, -0.1) is 0 Å². The maximum Gasteiger partial charge on any atom is 0.332 e. The molecule has 0 atom stereocenters. The molecule has 0 aliphatic carbocycles. The van der Waals surface area contributed by atoms with Crippen molar-refractivity contribution in [3.63, 3.8) is 0 Å². The van der Waals surface area contributed by atoms with E-state index in [1.54, 1.807) is 63.7 Å². The van der Waals surface area contributed by atoms with Crippen molar-refractivity contribution in [2.24, 2.45) is 0 Å². The van der Waals surface area contributed by atoms with Crippen LogP contribution in [0.4, 0.5) is 4.39 Å². The Balaban J connectivity index is 2.54. The molecular formula is C19H21FINO3. The highest BCUT2D eigenvalue weighted by atomic mass is 127. The summed E-state index contributed by atoms with van der Waals surface area (Å²) in [4.78, 5) is 25.1. The summed E-state index contributed by atoms with van der Waals surface area (Å²) in [5, 5.41) is 0. The molecule has 25 heavy (non-hydrogen) atoms. The Kier molecular flexibility index (Phi) is 5.41. The van der Waals surface area contributed by atoms with Gasteiger partial charge in [0.25, 0.3) is 0 Å². The van der Waals surface area contributed by atoms with Gasteiger partial charge in [0, 0.05) is 18.0 Å². The van der Waals surface area contributed by atoms with E-state index in [1.807, 2.05) is 22.6 Å². The van der Waals surface area contributed by atoms with Gasteiger partial charge in [-0.2, -0.15) is 0 Å². The lowest BCUT2D eigenvalue weighted by atomic mass is 10.0. The van der Waals surface area contributed by atoms with E-state index in [9.17, 15) is 14.0 Å². The molecule has 0 amide bonds. The summed E-state index contributed by atoms with van der Waals surface area (Å²) in [5.41, 5.74) is -0.777. The van der Waals surface area contributed by atoms with Gasteiger partial charge in [-0.05, 0) is 74.9 Å². The molecule has 2 rings (SSSR count). The molecule has 4 nitrogen and oxygen atoms in total. The summed E-state index contributed by atoms with van der Waals surface area (Å²) >= 11 is 1.94. The van der Waals surface area contributed by atoms with E-state index < -0.39 is 17.1 Å². The Morgan fingerprint density at radius 1 is 1.08 bits per heavy atom.